The Morgan fingerprint density at radius 1 is 0.893 bits per heavy atom. The zero-order valence-corrected chi connectivity index (χ0v) is 15.9. The van der Waals surface area contributed by atoms with Crippen LogP contribution in [-0.2, 0) is 11.4 Å². The van der Waals surface area contributed by atoms with Crippen molar-refractivity contribution in [3.63, 3.8) is 0 Å². The Morgan fingerprint density at radius 3 is 2.36 bits per heavy atom. The molecular formula is C21H20N2O4S. The SMILES string of the molecule is O=C(CCSc1ccccc1)NNC(=O)c1ccc(COc2ccccc2)o1. The number of benzene rings is 2. The van der Waals surface area contributed by atoms with Crippen LogP contribution in [0.1, 0.15) is 22.7 Å². The van der Waals surface area contributed by atoms with Crippen molar-refractivity contribution in [1.82, 2.24) is 10.9 Å². The third-order valence-corrected chi connectivity index (χ3v) is 4.68. The second-order valence-corrected chi connectivity index (χ2v) is 6.95. The number of furan rings is 1. The van der Waals surface area contributed by atoms with E-state index in [1.807, 2.05) is 60.7 Å². The van der Waals surface area contributed by atoms with E-state index >= 15 is 0 Å². The molecule has 1 heterocycles. The van der Waals surface area contributed by atoms with Crippen LogP contribution < -0.4 is 15.6 Å². The van der Waals surface area contributed by atoms with E-state index in [0.717, 1.165) is 4.90 Å². The van der Waals surface area contributed by atoms with Gasteiger partial charge in [0.1, 0.15) is 18.1 Å². The summed E-state index contributed by atoms with van der Waals surface area (Å²) < 4.78 is 11.0. The van der Waals surface area contributed by atoms with Gasteiger partial charge in [0.05, 0.1) is 0 Å². The van der Waals surface area contributed by atoms with Crippen LogP contribution in [0.5, 0.6) is 5.75 Å². The number of hydrazine groups is 1. The molecule has 3 rings (SSSR count). The van der Waals surface area contributed by atoms with E-state index in [1.165, 1.54) is 6.07 Å². The number of nitrogens with one attached hydrogen (secondary N) is 2. The van der Waals surface area contributed by atoms with Crippen molar-refractivity contribution in [2.24, 2.45) is 0 Å². The van der Waals surface area contributed by atoms with Crippen molar-refractivity contribution < 1.29 is 18.7 Å². The Morgan fingerprint density at radius 2 is 1.61 bits per heavy atom. The lowest BCUT2D eigenvalue weighted by molar-refractivity contribution is -0.121. The molecule has 0 bridgehead atoms. The number of thioether (sulfide) groups is 1. The van der Waals surface area contributed by atoms with Gasteiger partial charge in [-0.15, -0.1) is 11.8 Å². The number of hydrogen-bond donors (Lipinski definition) is 2. The molecule has 0 aliphatic carbocycles. The Bertz CT molecular complexity index is 897. The molecule has 28 heavy (non-hydrogen) atoms. The Balaban J connectivity index is 1.37. The minimum Gasteiger partial charge on any atom is -0.486 e. The third kappa shape index (κ3) is 6.21. The first-order valence-corrected chi connectivity index (χ1v) is 9.73. The van der Waals surface area contributed by atoms with Gasteiger partial charge >= 0.3 is 5.91 Å². The Kier molecular flexibility index (Phi) is 7.14. The Hall–Kier alpha value is -3.19. The van der Waals surface area contributed by atoms with Crippen LogP contribution in [0.15, 0.2) is 82.1 Å². The summed E-state index contributed by atoms with van der Waals surface area (Å²) in [7, 11) is 0. The van der Waals surface area contributed by atoms with E-state index in [2.05, 4.69) is 10.9 Å². The number of ether oxygens (including phenoxy) is 1. The van der Waals surface area contributed by atoms with Crippen LogP contribution in [0, 0.1) is 0 Å². The van der Waals surface area contributed by atoms with Crippen LogP contribution in [-0.4, -0.2) is 17.6 Å². The summed E-state index contributed by atoms with van der Waals surface area (Å²) in [6.45, 7) is 0.209. The summed E-state index contributed by atoms with van der Waals surface area (Å²) in [6, 6.07) is 22.3. The molecule has 0 saturated carbocycles. The fraction of sp³-hybridized carbons (Fsp3) is 0.143. The topological polar surface area (TPSA) is 80.6 Å². The molecule has 0 aliphatic heterocycles. The van der Waals surface area contributed by atoms with E-state index in [0.29, 0.717) is 17.3 Å². The maximum atomic E-state index is 12.1. The summed E-state index contributed by atoms with van der Waals surface area (Å²) in [5, 5.41) is 0. The molecule has 0 unspecified atom stereocenters. The van der Waals surface area contributed by atoms with Crippen molar-refractivity contribution in [2.45, 2.75) is 17.9 Å². The standard InChI is InChI=1S/C21H20N2O4S/c24-20(13-14-28-18-9-5-2-6-10-18)22-23-21(25)19-12-11-17(27-19)15-26-16-7-3-1-4-8-16/h1-12H,13-15H2,(H,22,24)(H,23,25). The van der Waals surface area contributed by atoms with Gasteiger partial charge in [0.15, 0.2) is 5.76 Å². The molecule has 2 amide bonds. The largest absolute Gasteiger partial charge is 0.486 e. The third-order valence-electron chi connectivity index (χ3n) is 3.67. The molecule has 0 aliphatic rings. The lowest BCUT2D eigenvalue weighted by Crippen LogP contribution is -2.41. The van der Waals surface area contributed by atoms with Gasteiger partial charge in [0.2, 0.25) is 5.91 Å². The number of amides is 2. The Labute approximate surface area is 167 Å². The summed E-state index contributed by atoms with van der Waals surface area (Å²) in [5.41, 5.74) is 4.74. The zero-order valence-electron chi connectivity index (χ0n) is 15.1. The fourth-order valence-electron chi connectivity index (χ4n) is 2.28. The van der Waals surface area contributed by atoms with E-state index in [1.54, 1.807) is 17.8 Å². The quantitative estimate of drug-likeness (QED) is 0.447. The van der Waals surface area contributed by atoms with Crippen molar-refractivity contribution in [3.05, 3.63) is 84.3 Å². The highest BCUT2D eigenvalue weighted by atomic mass is 32.2. The molecule has 0 saturated heterocycles. The van der Waals surface area contributed by atoms with Gasteiger partial charge in [-0.3, -0.25) is 20.4 Å². The smallest absolute Gasteiger partial charge is 0.305 e. The van der Waals surface area contributed by atoms with Crippen LogP contribution >= 0.6 is 11.8 Å². The number of carbonyl (C=O) groups is 2. The number of para-hydroxylation sites is 1. The van der Waals surface area contributed by atoms with E-state index in [4.69, 9.17) is 9.15 Å². The maximum Gasteiger partial charge on any atom is 0.305 e. The monoisotopic (exact) mass is 396 g/mol. The average molecular weight is 396 g/mol. The lowest BCUT2D eigenvalue weighted by Gasteiger charge is -2.06. The molecule has 0 spiro atoms. The number of rotatable bonds is 8. The summed E-state index contributed by atoms with van der Waals surface area (Å²) in [5.74, 6) is 1.16. The number of hydrogen-bond acceptors (Lipinski definition) is 5. The van der Waals surface area contributed by atoms with E-state index < -0.39 is 5.91 Å². The second kappa shape index (κ2) is 10.2. The first kappa shape index (κ1) is 19.6. The van der Waals surface area contributed by atoms with Gasteiger partial charge in [0.25, 0.3) is 0 Å². The summed E-state index contributed by atoms with van der Waals surface area (Å²) in [6.07, 6.45) is 0.286. The first-order valence-electron chi connectivity index (χ1n) is 8.74. The lowest BCUT2D eigenvalue weighted by atomic mass is 10.3. The molecule has 3 aromatic rings. The van der Waals surface area contributed by atoms with Crippen molar-refractivity contribution in [3.8, 4) is 5.75 Å². The molecule has 0 radical (unpaired) electrons. The predicted octanol–water partition coefficient (Wildman–Crippen LogP) is 3.80. The molecule has 2 N–H and O–H groups in total. The average Bonchev–Trinajstić information content (AvgIpc) is 3.21. The zero-order chi connectivity index (χ0) is 19.6. The van der Waals surface area contributed by atoms with Crippen LogP contribution in [0.2, 0.25) is 0 Å². The van der Waals surface area contributed by atoms with Crippen molar-refractivity contribution in [2.75, 3.05) is 5.75 Å². The summed E-state index contributed by atoms with van der Waals surface area (Å²) >= 11 is 1.58. The molecule has 0 fully saturated rings. The minimum atomic E-state index is -0.518. The van der Waals surface area contributed by atoms with Crippen molar-refractivity contribution in [1.29, 1.82) is 0 Å². The van der Waals surface area contributed by atoms with Crippen LogP contribution in [0.3, 0.4) is 0 Å². The van der Waals surface area contributed by atoms with Gasteiger partial charge in [0, 0.05) is 17.1 Å². The number of carbonyl (C=O) groups excluding carboxylic acids is 2. The molecule has 144 valence electrons. The minimum absolute atomic E-state index is 0.102. The van der Waals surface area contributed by atoms with E-state index in [9.17, 15) is 9.59 Å². The molecule has 0 atom stereocenters. The first-order chi connectivity index (χ1) is 13.7. The highest BCUT2D eigenvalue weighted by molar-refractivity contribution is 7.99. The normalized spacial score (nSPS) is 10.3. The highest BCUT2D eigenvalue weighted by Gasteiger charge is 2.12. The molecule has 2 aromatic carbocycles. The highest BCUT2D eigenvalue weighted by Crippen LogP contribution is 2.17. The van der Waals surface area contributed by atoms with Gasteiger partial charge in [-0.1, -0.05) is 36.4 Å². The van der Waals surface area contributed by atoms with Crippen molar-refractivity contribution >= 4 is 23.6 Å². The van der Waals surface area contributed by atoms with Crippen LogP contribution in [0.4, 0.5) is 0 Å². The predicted molar refractivity (Wildman–Crippen MR) is 107 cm³/mol. The van der Waals surface area contributed by atoms with Gasteiger partial charge in [-0.25, -0.2) is 0 Å². The van der Waals surface area contributed by atoms with Crippen LogP contribution in [0.25, 0.3) is 0 Å². The molecule has 1 aromatic heterocycles. The fourth-order valence-corrected chi connectivity index (χ4v) is 3.15. The van der Waals surface area contributed by atoms with Gasteiger partial charge < -0.3 is 9.15 Å². The molecule has 6 nitrogen and oxygen atoms in total. The molecular weight excluding hydrogens is 376 g/mol. The van der Waals surface area contributed by atoms with Gasteiger partial charge in [-0.05, 0) is 36.4 Å². The molecule has 7 heteroatoms. The second-order valence-electron chi connectivity index (χ2n) is 5.78. The van der Waals surface area contributed by atoms with Gasteiger partial charge in [-0.2, -0.15) is 0 Å². The maximum absolute atomic E-state index is 12.1. The summed E-state index contributed by atoms with van der Waals surface area (Å²) in [4.78, 5) is 25.0. The van der Waals surface area contributed by atoms with E-state index in [-0.39, 0.29) is 24.7 Å².